The normalized spacial score (nSPS) is 18.0. The van der Waals surface area contributed by atoms with Gasteiger partial charge in [0.2, 0.25) is 0 Å². The van der Waals surface area contributed by atoms with Gasteiger partial charge >= 0.3 is 6.03 Å². The summed E-state index contributed by atoms with van der Waals surface area (Å²) in [7, 11) is 0. The van der Waals surface area contributed by atoms with Gasteiger partial charge in [0, 0.05) is 23.8 Å². The molecule has 2 amide bonds. The summed E-state index contributed by atoms with van der Waals surface area (Å²) < 4.78 is 13.0. The molecule has 4 rings (SSSR count). The first-order chi connectivity index (χ1) is 13.2. The number of urea groups is 1. The van der Waals surface area contributed by atoms with Crippen molar-refractivity contribution < 1.29 is 14.3 Å². The molecule has 2 N–H and O–H groups in total. The van der Waals surface area contributed by atoms with Crippen molar-refractivity contribution in [3.8, 4) is 0 Å². The Kier molecular flexibility index (Phi) is 5.61. The molecule has 0 radical (unpaired) electrons. The van der Waals surface area contributed by atoms with E-state index in [2.05, 4.69) is 15.7 Å². The molecule has 2 fully saturated rings. The predicted octanol–water partition coefficient (Wildman–Crippen LogP) is 3.40. The maximum absolute atomic E-state index is 12.2. The maximum atomic E-state index is 12.2. The molecular weight excluding hydrogens is 368 g/mol. The zero-order chi connectivity index (χ0) is 18.6. The largest absolute Gasteiger partial charge is 0.377 e. The van der Waals surface area contributed by atoms with Gasteiger partial charge in [-0.3, -0.25) is 10.00 Å². The van der Waals surface area contributed by atoms with Gasteiger partial charge < -0.3 is 14.8 Å². The van der Waals surface area contributed by atoms with Gasteiger partial charge in [0.25, 0.3) is 0 Å². The first-order valence-corrected chi connectivity index (χ1v) is 9.60. The SMILES string of the molecule is O=C(NCC(OCC1CC1)c1ccc(Cl)cc1)Nc1ccn(C2COC2)n1. The van der Waals surface area contributed by atoms with E-state index in [1.54, 1.807) is 6.07 Å². The molecule has 2 aromatic rings. The van der Waals surface area contributed by atoms with Crippen LogP contribution in [0.4, 0.5) is 10.6 Å². The van der Waals surface area contributed by atoms with Gasteiger partial charge in [-0.25, -0.2) is 4.79 Å². The number of nitrogens with one attached hydrogen (secondary N) is 2. The Labute approximate surface area is 163 Å². The van der Waals surface area contributed by atoms with Crippen LogP contribution in [0.15, 0.2) is 36.5 Å². The summed E-state index contributed by atoms with van der Waals surface area (Å²) in [6, 6.07) is 9.26. The highest BCUT2D eigenvalue weighted by molar-refractivity contribution is 6.30. The lowest BCUT2D eigenvalue weighted by molar-refractivity contribution is -0.0285. The number of carbonyl (C=O) groups excluding carboxylic acids is 1. The van der Waals surface area contributed by atoms with E-state index in [1.807, 2.05) is 35.1 Å². The summed E-state index contributed by atoms with van der Waals surface area (Å²) in [5.41, 5.74) is 0.995. The molecule has 1 atom stereocenters. The van der Waals surface area contributed by atoms with E-state index in [9.17, 15) is 4.79 Å². The van der Waals surface area contributed by atoms with Crippen molar-refractivity contribution in [1.29, 1.82) is 0 Å². The lowest BCUT2D eigenvalue weighted by Gasteiger charge is -2.25. The minimum Gasteiger partial charge on any atom is -0.377 e. The summed E-state index contributed by atoms with van der Waals surface area (Å²) in [5.74, 6) is 1.16. The Morgan fingerprint density at radius 2 is 2.07 bits per heavy atom. The molecular formula is C19H23ClN4O3. The third-order valence-corrected chi connectivity index (χ3v) is 5.02. The number of ether oxygens (including phenoxy) is 2. The fraction of sp³-hybridized carbons (Fsp3) is 0.474. The van der Waals surface area contributed by atoms with E-state index in [-0.39, 0.29) is 18.2 Å². The van der Waals surface area contributed by atoms with E-state index in [4.69, 9.17) is 21.1 Å². The molecule has 1 saturated heterocycles. The Balaban J connectivity index is 1.30. The van der Waals surface area contributed by atoms with Crippen molar-refractivity contribution in [3.05, 3.63) is 47.1 Å². The number of anilines is 1. The number of amides is 2. The summed E-state index contributed by atoms with van der Waals surface area (Å²) >= 11 is 5.97. The number of rotatable bonds is 8. The zero-order valence-corrected chi connectivity index (χ0v) is 15.7. The van der Waals surface area contributed by atoms with E-state index in [0.717, 1.165) is 5.56 Å². The number of hydrogen-bond donors (Lipinski definition) is 2. The Hall–Kier alpha value is -2.09. The van der Waals surface area contributed by atoms with Gasteiger partial charge in [0.15, 0.2) is 5.82 Å². The maximum Gasteiger partial charge on any atom is 0.320 e. The Morgan fingerprint density at radius 1 is 1.30 bits per heavy atom. The molecule has 27 heavy (non-hydrogen) atoms. The molecule has 0 spiro atoms. The second-order valence-corrected chi connectivity index (χ2v) is 7.46. The molecule has 7 nitrogen and oxygen atoms in total. The average Bonchev–Trinajstić information content (AvgIpc) is 3.34. The van der Waals surface area contributed by atoms with Gasteiger partial charge in [-0.15, -0.1) is 0 Å². The first-order valence-electron chi connectivity index (χ1n) is 9.22. The first kappa shape index (κ1) is 18.3. The fourth-order valence-corrected chi connectivity index (χ4v) is 2.94. The summed E-state index contributed by atoms with van der Waals surface area (Å²) in [5, 5.41) is 10.7. The molecule has 2 aliphatic rings. The van der Waals surface area contributed by atoms with E-state index in [0.29, 0.717) is 43.1 Å². The Morgan fingerprint density at radius 3 is 2.74 bits per heavy atom. The highest BCUT2D eigenvalue weighted by atomic mass is 35.5. The number of benzene rings is 1. The van der Waals surface area contributed by atoms with Gasteiger partial charge in [0.1, 0.15) is 0 Å². The monoisotopic (exact) mass is 390 g/mol. The smallest absolute Gasteiger partial charge is 0.320 e. The van der Waals surface area contributed by atoms with Crippen LogP contribution < -0.4 is 10.6 Å². The number of halogens is 1. The van der Waals surface area contributed by atoms with Crippen LogP contribution in [0, 0.1) is 5.92 Å². The number of nitrogens with zero attached hydrogens (tertiary/aromatic N) is 2. The van der Waals surface area contributed by atoms with E-state index >= 15 is 0 Å². The van der Waals surface area contributed by atoms with Crippen LogP contribution in [0.1, 0.15) is 30.6 Å². The van der Waals surface area contributed by atoms with Crippen LogP contribution in [-0.2, 0) is 9.47 Å². The van der Waals surface area contributed by atoms with Crippen LogP contribution in [0.5, 0.6) is 0 Å². The average molecular weight is 391 g/mol. The molecule has 1 unspecified atom stereocenters. The minimum atomic E-state index is -0.306. The van der Waals surface area contributed by atoms with Crippen LogP contribution >= 0.6 is 11.6 Å². The summed E-state index contributed by atoms with van der Waals surface area (Å²) in [6.45, 7) is 2.41. The fourth-order valence-electron chi connectivity index (χ4n) is 2.82. The van der Waals surface area contributed by atoms with Crippen LogP contribution in [-0.4, -0.2) is 42.2 Å². The lowest BCUT2D eigenvalue weighted by atomic mass is 10.1. The third kappa shape index (κ3) is 5.00. The lowest BCUT2D eigenvalue weighted by Crippen LogP contribution is -2.34. The van der Waals surface area contributed by atoms with Crippen molar-refractivity contribution in [3.63, 3.8) is 0 Å². The topological polar surface area (TPSA) is 77.4 Å². The van der Waals surface area contributed by atoms with Crippen molar-refractivity contribution >= 4 is 23.4 Å². The number of hydrogen-bond acceptors (Lipinski definition) is 4. The van der Waals surface area contributed by atoms with Gasteiger partial charge in [-0.2, -0.15) is 5.10 Å². The summed E-state index contributed by atoms with van der Waals surface area (Å²) in [4.78, 5) is 12.2. The molecule has 1 aliphatic heterocycles. The van der Waals surface area contributed by atoms with Gasteiger partial charge in [-0.1, -0.05) is 23.7 Å². The zero-order valence-electron chi connectivity index (χ0n) is 14.9. The molecule has 2 heterocycles. The number of carbonyl (C=O) groups is 1. The second-order valence-electron chi connectivity index (χ2n) is 7.02. The standard InChI is InChI=1S/C19H23ClN4O3/c20-15-5-3-14(4-6-15)17(27-10-13-1-2-13)9-21-19(25)22-18-7-8-24(23-18)16-11-26-12-16/h3-8,13,16-17H,1-2,9-12H2,(H2,21,22,23,25). The third-order valence-electron chi connectivity index (χ3n) is 4.76. The van der Waals surface area contributed by atoms with Crippen LogP contribution in [0.3, 0.4) is 0 Å². The predicted molar refractivity (Wildman–Crippen MR) is 102 cm³/mol. The molecule has 1 aliphatic carbocycles. The van der Waals surface area contributed by atoms with Crippen LogP contribution in [0.2, 0.25) is 5.02 Å². The molecule has 8 heteroatoms. The van der Waals surface area contributed by atoms with E-state index in [1.165, 1.54) is 12.8 Å². The van der Waals surface area contributed by atoms with Crippen LogP contribution in [0.25, 0.3) is 0 Å². The quantitative estimate of drug-likeness (QED) is 0.724. The van der Waals surface area contributed by atoms with E-state index < -0.39 is 0 Å². The molecule has 1 aromatic heterocycles. The van der Waals surface area contributed by atoms with Gasteiger partial charge in [-0.05, 0) is 36.5 Å². The molecule has 1 aromatic carbocycles. The van der Waals surface area contributed by atoms with Crippen molar-refractivity contribution in [2.75, 3.05) is 31.7 Å². The van der Waals surface area contributed by atoms with Crippen molar-refractivity contribution in [1.82, 2.24) is 15.1 Å². The second kappa shape index (κ2) is 8.29. The Bertz CT molecular complexity index is 772. The van der Waals surface area contributed by atoms with Crippen molar-refractivity contribution in [2.45, 2.75) is 25.0 Å². The molecule has 144 valence electrons. The molecule has 0 bridgehead atoms. The highest BCUT2D eigenvalue weighted by Gasteiger charge is 2.24. The van der Waals surface area contributed by atoms with Crippen molar-refractivity contribution in [2.24, 2.45) is 5.92 Å². The number of aromatic nitrogens is 2. The minimum absolute atomic E-state index is 0.210. The summed E-state index contributed by atoms with van der Waals surface area (Å²) in [6.07, 6.45) is 4.07. The van der Waals surface area contributed by atoms with Gasteiger partial charge in [0.05, 0.1) is 32.0 Å². The molecule has 1 saturated carbocycles. The highest BCUT2D eigenvalue weighted by Crippen LogP contribution is 2.31.